The highest BCUT2D eigenvalue weighted by atomic mass is 16.3. The molecule has 98 valence electrons. The summed E-state index contributed by atoms with van der Waals surface area (Å²) >= 11 is 0. The van der Waals surface area contributed by atoms with Crippen molar-refractivity contribution in [2.24, 2.45) is 0 Å². The van der Waals surface area contributed by atoms with Crippen LogP contribution >= 0.6 is 0 Å². The van der Waals surface area contributed by atoms with Gasteiger partial charge in [-0.3, -0.25) is 0 Å². The molecule has 4 nitrogen and oxygen atoms in total. The van der Waals surface area contributed by atoms with Crippen molar-refractivity contribution in [3.05, 3.63) is 60.2 Å². The minimum absolute atomic E-state index is 0.176. The molecule has 0 saturated heterocycles. The van der Waals surface area contributed by atoms with Crippen LogP contribution in [-0.4, -0.2) is 17.7 Å². The molecule has 0 fully saturated rings. The molecule has 2 amide bonds. The van der Waals surface area contributed by atoms with E-state index >= 15 is 0 Å². The molecule has 0 saturated carbocycles. The predicted molar refractivity (Wildman–Crippen MR) is 75.3 cm³/mol. The highest BCUT2D eigenvalue weighted by molar-refractivity contribution is 5.89. The van der Waals surface area contributed by atoms with E-state index in [2.05, 4.69) is 10.6 Å². The van der Waals surface area contributed by atoms with E-state index in [4.69, 9.17) is 5.11 Å². The van der Waals surface area contributed by atoms with Gasteiger partial charge in [-0.25, -0.2) is 4.79 Å². The number of urea groups is 1. The lowest BCUT2D eigenvalue weighted by Gasteiger charge is -2.07. The largest absolute Gasteiger partial charge is 0.508 e. The van der Waals surface area contributed by atoms with Crippen LogP contribution in [-0.2, 0) is 6.42 Å². The molecule has 19 heavy (non-hydrogen) atoms. The molecule has 2 aromatic carbocycles. The summed E-state index contributed by atoms with van der Waals surface area (Å²) in [6.07, 6.45) is 0.795. The zero-order chi connectivity index (χ0) is 13.5. The molecule has 3 N–H and O–H groups in total. The van der Waals surface area contributed by atoms with Gasteiger partial charge in [-0.1, -0.05) is 30.3 Å². The van der Waals surface area contributed by atoms with Gasteiger partial charge in [-0.05, 0) is 36.2 Å². The zero-order valence-electron chi connectivity index (χ0n) is 10.5. The predicted octanol–water partition coefficient (Wildman–Crippen LogP) is 2.76. The van der Waals surface area contributed by atoms with Crippen molar-refractivity contribution in [1.82, 2.24) is 5.32 Å². The van der Waals surface area contributed by atoms with E-state index in [9.17, 15) is 4.79 Å². The summed E-state index contributed by atoms with van der Waals surface area (Å²) < 4.78 is 0. The third kappa shape index (κ3) is 4.35. The van der Waals surface area contributed by atoms with E-state index in [0.717, 1.165) is 6.42 Å². The molecule has 0 atom stereocenters. The molecule has 0 aliphatic rings. The SMILES string of the molecule is O=C(NCCc1ccccc1)Nc1ccc(O)cc1. The van der Waals surface area contributed by atoms with Crippen LogP contribution in [0.4, 0.5) is 10.5 Å². The van der Waals surface area contributed by atoms with Crippen LogP contribution in [0.3, 0.4) is 0 Å². The minimum Gasteiger partial charge on any atom is -0.508 e. The van der Waals surface area contributed by atoms with Crippen LogP contribution in [0.1, 0.15) is 5.56 Å². The number of rotatable bonds is 4. The Balaban J connectivity index is 1.74. The van der Waals surface area contributed by atoms with Crippen molar-refractivity contribution in [3.8, 4) is 5.75 Å². The number of nitrogens with one attached hydrogen (secondary N) is 2. The van der Waals surface area contributed by atoms with Crippen molar-refractivity contribution in [1.29, 1.82) is 0 Å². The summed E-state index contributed by atoms with van der Waals surface area (Å²) in [4.78, 5) is 11.6. The average Bonchev–Trinajstić information content (AvgIpc) is 2.43. The summed E-state index contributed by atoms with van der Waals surface area (Å²) in [5.41, 5.74) is 1.84. The monoisotopic (exact) mass is 256 g/mol. The summed E-state index contributed by atoms with van der Waals surface area (Å²) in [6.45, 7) is 0.577. The Bertz CT molecular complexity index is 524. The average molecular weight is 256 g/mol. The summed E-state index contributed by atoms with van der Waals surface area (Å²) in [6, 6.07) is 16.1. The lowest BCUT2D eigenvalue weighted by molar-refractivity contribution is 0.252. The van der Waals surface area contributed by atoms with Crippen LogP contribution in [0, 0.1) is 0 Å². The molecular formula is C15H16N2O2. The second-order valence-corrected chi connectivity index (χ2v) is 4.16. The van der Waals surface area contributed by atoms with E-state index in [1.165, 1.54) is 17.7 Å². The van der Waals surface area contributed by atoms with Crippen LogP contribution in [0.25, 0.3) is 0 Å². The van der Waals surface area contributed by atoms with Crippen molar-refractivity contribution in [2.45, 2.75) is 6.42 Å². The number of benzene rings is 2. The standard InChI is InChI=1S/C15H16N2O2/c18-14-8-6-13(7-9-14)17-15(19)16-11-10-12-4-2-1-3-5-12/h1-9,18H,10-11H2,(H2,16,17,19). The number of hydrogen-bond donors (Lipinski definition) is 3. The van der Waals surface area contributed by atoms with Crippen LogP contribution < -0.4 is 10.6 Å². The quantitative estimate of drug-likeness (QED) is 0.737. The molecule has 2 aromatic rings. The van der Waals surface area contributed by atoms with Gasteiger partial charge < -0.3 is 15.7 Å². The number of aromatic hydroxyl groups is 1. The Morgan fingerprint density at radius 1 is 1.00 bits per heavy atom. The van der Waals surface area contributed by atoms with Gasteiger partial charge in [0, 0.05) is 12.2 Å². The van der Waals surface area contributed by atoms with Gasteiger partial charge in [0.2, 0.25) is 0 Å². The molecular weight excluding hydrogens is 240 g/mol. The van der Waals surface area contributed by atoms with Gasteiger partial charge >= 0.3 is 6.03 Å². The van der Waals surface area contributed by atoms with E-state index in [1.54, 1.807) is 12.1 Å². The fraction of sp³-hybridized carbons (Fsp3) is 0.133. The second-order valence-electron chi connectivity index (χ2n) is 4.16. The molecule has 0 heterocycles. The van der Waals surface area contributed by atoms with Gasteiger partial charge in [0.25, 0.3) is 0 Å². The van der Waals surface area contributed by atoms with E-state index < -0.39 is 0 Å². The maximum absolute atomic E-state index is 11.6. The molecule has 4 heteroatoms. The van der Waals surface area contributed by atoms with Gasteiger partial charge in [-0.15, -0.1) is 0 Å². The van der Waals surface area contributed by atoms with Crippen molar-refractivity contribution in [3.63, 3.8) is 0 Å². The number of phenols is 1. The summed E-state index contributed by atoms with van der Waals surface area (Å²) in [7, 11) is 0. The van der Waals surface area contributed by atoms with E-state index in [1.807, 2.05) is 30.3 Å². The Morgan fingerprint density at radius 2 is 1.68 bits per heavy atom. The topological polar surface area (TPSA) is 61.4 Å². The lowest BCUT2D eigenvalue weighted by Crippen LogP contribution is -2.30. The fourth-order valence-corrected chi connectivity index (χ4v) is 1.69. The van der Waals surface area contributed by atoms with Gasteiger partial charge in [0.05, 0.1) is 0 Å². The molecule has 0 spiro atoms. The summed E-state index contributed by atoms with van der Waals surface area (Å²) in [5.74, 6) is 0.176. The normalized spacial score (nSPS) is 9.89. The number of carbonyl (C=O) groups excluding carboxylic acids is 1. The van der Waals surface area contributed by atoms with Crippen LogP contribution in [0.2, 0.25) is 0 Å². The van der Waals surface area contributed by atoms with Crippen molar-refractivity contribution >= 4 is 11.7 Å². The first-order valence-corrected chi connectivity index (χ1v) is 6.12. The van der Waals surface area contributed by atoms with Gasteiger partial charge in [-0.2, -0.15) is 0 Å². The smallest absolute Gasteiger partial charge is 0.319 e. The maximum Gasteiger partial charge on any atom is 0.319 e. The van der Waals surface area contributed by atoms with E-state index in [0.29, 0.717) is 12.2 Å². The van der Waals surface area contributed by atoms with Crippen molar-refractivity contribution < 1.29 is 9.90 Å². The number of carbonyl (C=O) groups is 1. The highest BCUT2D eigenvalue weighted by Crippen LogP contribution is 2.13. The Morgan fingerprint density at radius 3 is 2.37 bits per heavy atom. The molecule has 0 aliphatic heterocycles. The molecule has 0 aliphatic carbocycles. The molecule has 2 rings (SSSR count). The number of amides is 2. The second kappa shape index (κ2) is 6.44. The molecule has 0 radical (unpaired) electrons. The van der Waals surface area contributed by atoms with Gasteiger partial charge in [0.15, 0.2) is 0 Å². The zero-order valence-corrected chi connectivity index (χ0v) is 10.5. The number of anilines is 1. The fourth-order valence-electron chi connectivity index (χ4n) is 1.69. The van der Waals surface area contributed by atoms with Crippen molar-refractivity contribution in [2.75, 3.05) is 11.9 Å². The molecule has 0 aromatic heterocycles. The first kappa shape index (κ1) is 13.0. The maximum atomic E-state index is 11.6. The highest BCUT2D eigenvalue weighted by Gasteiger charge is 2.01. The molecule has 0 unspecified atom stereocenters. The third-order valence-electron chi connectivity index (χ3n) is 2.67. The first-order chi connectivity index (χ1) is 9.24. The van der Waals surface area contributed by atoms with Gasteiger partial charge in [0.1, 0.15) is 5.75 Å². The third-order valence-corrected chi connectivity index (χ3v) is 2.67. The first-order valence-electron chi connectivity index (χ1n) is 6.12. The Labute approximate surface area is 112 Å². The lowest BCUT2D eigenvalue weighted by atomic mass is 10.1. The Hall–Kier alpha value is -2.49. The van der Waals surface area contributed by atoms with Crippen LogP contribution in [0.5, 0.6) is 5.75 Å². The van der Waals surface area contributed by atoms with E-state index in [-0.39, 0.29) is 11.8 Å². The molecule has 0 bridgehead atoms. The van der Waals surface area contributed by atoms with Crippen LogP contribution in [0.15, 0.2) is 54.6 Å². The minimum atomic E-state index is -0.248. The Kier molecular flexibility index (Phi) is 4.39. The summed E-state index contributed by atoms with van der Waals surface area (Å²) in [5, 5.41) is 14.6. The number of phenolic OH excluding ortho intramolecular Hbond substituents is 1. The number of hydrogen-bond acceptors (Lipinski definition) is 2.